The summed E-state index contributed by atoms with van der Waals surface area (Å²) in [5, 5.41) is 0. The van der Waals surface area contributed by atoms with Crippen LogP contribution in [0.1, 0.15) is 335 Å². The van der Waals surface area contributed by atoms with Crippen molar-refractivity contribution in [1.29, 1.82) is 0 Å². The molecule has 0 radical (unpaired) electrons. The first kappa shape index (κ1) is 65.9. The van der Waals surface area contributed by atoms with Gasteiger partial charge in [-0.3, -0.25) is 14.4 Å². The highest BCUT2D eigenvalue weighted by atomic mass is 16.6. The number of hydrogen-bond acceptors (Lipinski definition) is 6. The smallest absolute Gasteiger partial charge is 0.306 e. The van der Waals surface area contributed by atoms with Crippen LogP contribution in [0.4, 0.5) is 0 Å². The maximum Gasteiger partial charge on any atom is 0.306 e. The van der Waals surface area contributed by atoms with Crippen LogP contribution in [0.3, 0.4) is 0 Å². The first-order chi connectivity index (χ1) is 33.5. The lowest BCUT2D eigenvalue weighted by Crippen LogP contribution is -2.30. The van der Waals surface area contributed by atoms with E-state index in [0.29, 0.717) is 19.3 Å². The molecule has 0 aliphatic carbocycles. The quantitative estimate of drug-likeness (QED) is 0.0262. The first-order valence-electron chi connectivity index (χ1n) is 30.3. The normalized spacial score (nSPS) is 12.1. The largest absolute Gasteiger partial charge is 0.462 e. The standard InChI is InChI=1S/C62H116O6/c1-4-7-10-13-16-19-22-25-27-29-31-33-34-37-40-43-46-49-52-55-61(64)67-58-59(57-66-60(63)54-51-48-45-42-39-36-24-21-18-15-12-9-6-3)68-62(65)56-53-50-47-44-41-38-35-32-30-28-26-23-20-17-14-11-8-5-2/h29,31-32,35,59H,4-28,30,33-34,36-58H2,1-3H3/b31-29-,35-32-. The summed E-state index contributed by atoms with van der Waals surface area (Å²) < 4.78 is 16.9. The highest BCUT2D eigenvalue weighted by Gasteiger charge is 2.19. The number of hydrogen-bond donors (Lipinski definition) is 0. The Bertz CT molecular complexity index is 1100. The third-order valence-electron chi connectivity index (χ3n) is 13.7. The van der Waals surface area contributed by atoms with Crippen LogP contribution in [-0.4, -0.2) is 37.2 Å². The van der Waals surface area contributed by atoms with Crippen molar-refractivity contribution in [3.63, 3.8) is 0 Å². The molecule has 0 spiro atoms. The van der Waals surface area contributed by atoms with Gasteiger partial charge in [-0.25, -0.2) is 0 Å². The fraction of sp³-hybridized carbons (Fsp3) is 0.887. The fourth-order valence-corrected chi connectivity index (χ4v) is 9.08. The van der Waals surface area contributed by atoms with Crippen LogP contribution in [0.2, 0.25) is 0 Å². The second-order valence-corrected chi connectivity index (χ2v) is 20.6. The van der Waals surface area contributed by atoms with Gasteiger partial charge >= 0.3 is 17.9 Å². The van der Waals surface area contributed by atoms with E-state index >= 15 is 0 Å². The van der Waals surface area contributed by atoms with Crippen molar-refractivity contribution in [1.82, 2.24) is 0 Å². The van der Waals surface area contributed by atoms with Gasteiger partial charge in [0.2, 0.25) is 0 Å². The van der Waals surface area contributed by atoms with Gasteiger partial charge in [0.25, 0.3) is 0 Å². The summed E-state index contributed by atoms with van der Waals surface area (Å²) in [6.07, 6.45) is 67.4. The zero-order valence-electron chi connectivity index (χ0n) is 45.9. The van der Waals surface area contributed by atoms with Gasteiger partial charge < -0.3 is 14.2 Å². The molecule has 0 aromatic rings. The summed E-state index contributed by atoms with van der Waals surface area (Å²) >= 11 is 0. The number of carbonyl (C=O) groups is 3. The molecule has 0 amide bonds. The van der Waals surface area contributed by atoms with E-state index in [9.17, 15) is 14.4 Å². The maximum absolute atomic E-state index is 12.9. The Labute approximate surface area is 423 Å². The Morgan fingerprint density at radius 1 is 0.279 bits per heavy atom. The molecule has 1 atom stereocenters. The van der Waals surface area contributed by atoms with E-state index in [1.54, 1.807) is 0 Å². The van der Waals surface area contributed by atoms with Crippen LogP contribution in [0.25, 0.3) is 0 Å². The number of ether oxygens (including phenoxy) is 3. The molecular weight excluding hydrogens is 841 g/mol. The number of unbranched alkanes of at least 4 members (excludes halogenated alkanes) is 41. The molecule has 0 aliphatic heterocycles. The molecule has 0 fully saturated rings. The minimum Gasteiger partial charge on any atom is -0.462 e. The van der Waals surface area contributed by atoms with E-state index in [-0.39, 0.29) is 31.1 Å². The molecule has 0 aliphatic rings. The molecule has 0 aromatic heterocycles. The Morgan fingerprint density at radius 2 is 0.485 bits per heavy atom. The van der Waals surface area contributed by atoms with Crippen molar-refractivity contribution < 1.29 is 28.6 Å². The van der Waals surface area contributed by atoms with Gasteiger partial charge in [0, 0.05) is 19.3 Å². The molecule has 6 nitrogen and oxygen atoms in total. The molecule has 68 heavy (non-hydrogen) atoms. The monoisotopic (exact) mass is 957 g/mol. The lowest BCUT2D eigenvalue weighted by Gasteiger charge is -2.18. The van der Waals surface area contributed by atoms with Gasteiger partial charge in [0.05, 0.1) is 0 Å². The molecule has 0 saturated heterocycles. The van der Waals surface area contributed by atoms with E-state index in [2.05, 4.69) is 45.1 Å². The number of rotatable bonds is 56. The molecule has 0 N–H and O–H groups in total. The maximum atomic E-state index is 12.9. The molecular formula is C62H116O6. The summed E-state index contributed by atoms with van der Waals surface area (Å²) in [4.78, 5) is 38.2. The van der Waals surface area contributed by atoms with Crippen LogP contribution < -0.4 is 0 Å². The van der Waals surface area contributed by atoms with E-state index in [0.717, 1.165) is 64.2 Å². The van der Waals surface area contributed by atoms with E-state index in [4.69, 9.17) is 14.2 Å². The summed E-state index contributed by atoms with van der Waals surface area (Å²) in [6.45, 7) is 6.68. The Balaban J connectivity index is 4.32. The molecule has 0 bridgehead atoms. The molecule has 400 valence electrons. The van der Waals surface area contributed by atoms with Crippen molar-refractivity contribution in [2.75, 3.05) is 13.2 Å². The van der Waals surface area contributed by atoms with Gasteiger partial charge in [0.15, 0.2) is 6.10 Å². The van der Waals surface area contributed by atoms with Crippen molar-refractivity contribution in [3.05, 3.63) is 24.3 Å². The van der Waals surface area contributed by atoms with Crippen LogP contribution in [0.5, 0.6) is 0 Å². The number of carbonyl (C=O) groups excluding carboxylic acids is 3. The topological polar surface area (TPSA) is 78.9 Å². The van der Waals surface area contributed by atoms with Crippen molar-refractivity contribution in [2.45, 2.75) is 341 Å². The Kier molecular flexibility index (Phi) is 55.7. The van der Waals surface area contributed by atoms with E-state index in [1.807, 2.05) is 0 Å². The summed E-state index contributed by atoms with van der Waals surface area (Å²) in [7, 11) is 0. The van der Waals surface area contributed by atoms with Crippen molar-refractivity contribution >= 4 is 17.9 Å². The molecule has 0 heterocycles. The van der Waals surface area contributed by atoms with Gasteiger partial charge in [-0.05, 0) is 70.6 Å². The molecule has 0 saturated carbocycles. The lowest BCUT2D eigenvalue weighted by molar-refractivity contribution is -0.167. The number of allylic oxidation sites excluding steroid dienone is 4. The predicted molar refractivity (Wildman–Crippen MR) is 293 cm³/mol. The third kappa shape index (κ3) is 54.8. The zero-order chi connectivity index (χ0) is 49.3. The van der Waals surface area contributed by atoms with Crippen LogP contribution in [0, 0.1) is 0 Å². The first-order valence-corrected chi connectivity index (χ1v) is 30.3. The van der Waals surface area contributed by atoms with Gasteiger partial charge in [-0.15, -0.1) is 0 Å². The van der Waals surface area contributed by atoms with Crippen LogP contribution >= 0.6 is 0 Å². The molecule has 6 heteroatoms. The van der Waals surface area contributed by atoms with Crippen LogP contribution in [-0.2, 0) is 28.6 Å². The Morgan fingerprint density at radius 3 is 0.735 bits per heavy atom. The third-order valence-corrected chi connectivity index (χ3v) is 13.7. The zero-order valence-corrected chi connectivity index (χ0v) is 45.9. The van der Waals surface area contributed by atoms with Gasteiger partial charge in [-0.1, -0.05) is 270 Å². The molecule has 0 aromatic carbocycles. The van der Waals surface area contributed by atoms with Crippen LogP contribution in [0.15, 0.2) is 24.3 Å². The summed E-state index contributed by atoms with van der Waals surface area (Å²) in [6, 6.07) is 0. The number of esters is 3. The van der Waals surface area contributed by atoms with E-state index in [1.165, 1.54) is 231 Å². The minimum atomic E-state index is -0.774. The SMILES string of the molecule is CCCCCCCCCC/C=C\CCCCCCCCCC(=O)OCC(COC(=O)CCCCCCCCCCCCCCC)OC(=O)CCCCCCC/C=C\CCCCCCCCCCC. The molecule has 0 rings (SSSR count). The second-order valence-electron chi connectivity index (χ2n) is 20.6. The second kappa shape index (κ2) is 57.5. The van der Waals surface area contributed by atoms with Crippen molar-refractivity contribution in [2.24, 2.45) is 0 Å². The average molecular weight is 958 g/mol. The Hall–Kier alpha value is -2.11. The van der Waals surface area contributed by atoms with Gasteiger partial charge in [0.1, 0.15) is 13.2 Å². The summed E-state index contributed by atoms with van der Waals surface area (Å²) in [5.41, 5.74) is 0. The van der Waals surface area contributed by atoms with Gasteiger partial charge in [-0.2, -0.15) is 0 Å². The fourth-order valence-electron chi connectivity index (χ4n) is 9.08. The highest BCUT2D eigenvalue weighted by Crippen LogP contribution is 2.17. The average Bonchev–Trinajstić information content (AvgIpc) is 3.34. The highest BCUT2D eigenvalue weighted by molar-refractivity contribution is 5.71. The van der Waals surface area contributed by atoms with E-state index < -0.39 is 6.10 Å². The predicted octanol–water partition coefficient (Wildman–Crippen LogP) is 20.3. The minimum absolute atomic E-state index is 0.0714. The lowest BCUT2D eigenvalue weighted by atomic mass is 10.0. The van der Waals surface area contributed by atoms with Crippen molar-refractivity contribution in [3.8, 4) is 0 Å². The summed E-state index contributed by atoms with van der Waals surface area (Å²) in [5.74, 6) is -0.862. The molecule has 1 unspecified atom stereocenters.